The number of anilines is 1. The van der Waals surface area contributed by atoms with Gasteiger partial charge in [0, 0.05) is 44.3 Å². The zero-order chi connectivity index (χ0) is 20.2. The van der Waals surface area contributed by atoms with E-state index < -0.39 is 0 Å². The predicted octanol–water partition coefficient (Wildman–Crippen LogP) is 1.09. The van der Waals surface area contributed by atoms with Crippen LogP contribution in [0.3, 0.4) is 0 Å². The van der Waals surface area contributed by atoms with Gasteiger partial charge in [-0.05, 0) is 24.3 Å². The summed E-state index contributed by atoms with van der Waals surface area (Å²) >= 11 is 0. The van der Waals surface area contributed by atoms with Crippen molar-refractivity contribution in [1.82, 2.24) is 19.2 Å². The molecule has 1 saturated heterocycles. The van der Waals surface area contributed by atoms with Crippen LogP contribution < -0.4 is 10.9 Å². The molecule has 0 atom stereocenters. The van der Waals surface area contributed by atoms with Gasteiger partial charge in [-0.2, -0.15) is 0 Å². The van der Waals surface area contributed by atoms with Crippen LogP contribution in [0.2, 0.25) is 0 Å². The van der Waals surface area contributed by atoms with Crippen molar-refractivity contribution in [1.29, 1.82) is 0 Å². The van der Waals surface area contributed by atoms with Crippen LogP contribution in [0.5, 0.6) is 0 Å². The largest absolute Gasteiger partial charge is 0.336 e. The van der Waals surface area contributed by atoms with E-state index in [1.807, 2.05) is 35.2 Å². The average molecular weight is 391 g/mol. The Kier molecular flexibility index (Phi) is 5.35. The highest BCUT2D eigenvalue weighted by atomic mass is 16.2. The van der Waals surface area contributed by atoms with Crippen LogP contribution in [-0.4, -0.2) is 63.7 Å². The first-order valence-corrected chi connectivity index (χ1v) is 9.45. The number of hydrogen-bond donors (Lipinski definition) is 1. The summed E-state index contributed by atoms with van der Waals surface area (Å²) in [6, 6.07) is 14.5. The van der Waals surface area contributed by atoms with Gasteiger partial charge in [-0.25, -0.2) is 4.98 Å². The summed E-state index contributed by atoms with van der Waals surface area (Å²) in [7, 11) is 0. The molecule has 2 amide bonds. The van der Waals surface area contributed by atoms with Crippen LogP contribution in [0.4, 0.5) is 5.69 Å². The lowest BCUT2D eigenvalue weighted by atomic mass is 10.2. The number of nitrogens with one attached hydrogen (secondary N) is 1. The van der Waals surface area contributed by atoms with Gasteiger partial charge in [0.25, 0.3) is 11.5 Å². The van der Waals surface area contributed by atoms with Crippen LogP contribution in [-0.2, 0) is 4.79 Å². The summed E-state index contributed by atoms with van der Waals surface area (Å²) in [4.78, 5) is 45.5. The Balaban J connectivity index is 1.36. The molecule has 1 aliphatic rings. The van der Waals surface area contributed by atoms with Crippen molar-refractivity contribution in [2.75, 3.05) is 38.0 Å². The van der Waals surface area contributed by atoms with Gasteiger partial charge in [0.2, 0.25) is 5.91 Å². The van der Waals surface area contributed by atoms with Crippen molar-refractivity contribution in [2.24, 2.45) is 0 Å². The van der Waals surface area contributed by atoms with E-state index in [1.165, 1.54) is 10.6 Å². The third-order valence-electron chi connectivity index (χ3n) is 4.93. The smallest absolute Gasteiger partial charge is 0.270 e. The lowest BCUT2D eigenvalue weighted by Gasteiger charge is -2.34. The van der Waals surface area contributed by atoms with E-state index in [0.717, 1.165) is 5.69 Å². The fraction of sp³-hybridized carbons (Fsp3) is 0.238. The van der Waals surface area contributed by atoms with Crippen LogP contribution in [0.1, 0.15) is 10.4 Å². The van der Waals surface area contributed by atoms with E-state index in [-0.39, 0.29) is 29.5 Å². The van der Waals surface area contributed by atoms with Gasteiger partial charge in [-0.3, -0.25) is 23.7 Å². The first kappa shape index (κ1) is 18.8. The highest BCUT2D eigenvalue weighted by molar-refractivity contribution is 5.94. The molecule has 4 rings (SSSR count). The van der Waals surface area contributed by atoms with Gasteiger partial charge in [-0.1, -0.05) is 24.3 Å². The van der Waals surface area contributed by atoms with E-state index in [1.54, 1.807) is 29.3 Å². The summed E-state index contributed by atoms with van der Waals surface area (Å²) in [6.07, 6.45) is 2.95. The molecule has 3 aromatic rings. The van der Waals surface area contributed by atoms with E-state index in [4.69, 9.17) is 0 Å². The molecule has 2 aromatic heterocycles. The highest BCUT2D eigenvalue weighted by Crippen LogP contribution is 2.08. The number of fused-ring (bicyclic) bond motifs is 1. The van der Waals surface area contributed by atoms with Crippen LogP contribution in [0.25, 0.3) is 5.65 Å². The number of para-hydroxylation sites is 1. The van der Waals surface area contributed by atoms with E-state index >= 15 is 0 Å². The number of piperazine rings is 1. The Morgan fingerprint density at radius 1 is 0.966 bits per heavy atom. The third kappa shape index (κ3) is 4.17. The molecular weight excluding hydrogens is 370 g/mol. The number of hydrogen-bond acceptors (Lipinski definition) is 5. The second-order valence-electron chi connectivity index (χ2n) is 6.89. The van der Waals surface area contributed by atoms with Gasteiger partial charge in [0.15, 0.2) is 0 Å². The molecule has 8 heteroatoms. The Morgan fingerprint density at radius 3 is 2.45 bits per heavy atom. The van der Waals surface area contributed by atoms with Crippen molar-refractivity contribution in [3.05, 3.63) is 76.8 Å². The first-order valence-electron chi connectivity index (χ1n) is 9.45. The van der Waals surface area contributed by atoms with Crippen molar-refractivity contribution in [2.45, 2.75) is 0 Å². The van der Waals surface area contributed by atoms with E-state index in [2.05, 4.69) is 10.3 Å². The maximum absolute atomic E-state index is 12.8. The van der Waals surface area contributed by atoms with Crippen molar-refractivity contribution in [3.63, 3.8) is 0 Å². The van der Waals surface area contributed by atoms with E-state index in [9.17, 15) is 14.4 Å². The second-order valence-corrected chi connectivity index (χ2v) is 6.89. The molecule has 1 aromatic carbocycles. The molecular formula is C21H21N5O3. The maximum Gasteiger partial charge on any atom is 0.270 e. The first-order chi connectivity index (χ1) is 14.1. The summed E-state index contributed by atoms with van der Waals surface area (Å²) in [5, 5.41) is 2.86. The van der Waals surface area contributed by atoms with Crippen molar-refractivity contribution >= 4 is 23.1 Å². The Labute approximate surface area is 167 Å². The number of benzene rings is 1. The molecule has 0 saturated carbocycles. The molecule has 1 N–H and O–H groups in total. The minimum atomic E-state index is -0.370. The minimum Gasteiger partial charge on any atom is -0.336 e. The fourth-order valence-electron chi connectivity index (χ4n) is 3.38. The number of nitrogens with zero attached hydrogens (tertiary/aromatic N) is 4. The lowest BCUT2D eigenvalue weighted by Crippen LogP contribution is -2.51. The monoisotopic (exact) mass is 391 g/mol. The number of rotatable bonds is 4. The zero-order valence-electron chi connectivity index (χ0n) is 15.8. The van der Waals surface area contributed by atoms with Gasteiger partial charge >= 0.3 is 0 Å². The van der Waals surface area contributed by atoms with Gasteiger partial charge in [-0.15, -0.1) is 0 Å². The number of pyridine rings is 1. The average Bonchev–Trinajstić information content (AvgIpc) is 2.75. The minimum absolute atomic E-state index is 0.0592. The predicted molar refractivity (Wildman–Crippen MR) is 109 cm³/mol. The summed E-state index contributed by atoms with van der Waals surface area (Å²) in [5.74, 6) is -0.415. The van der Waals surface area contributed by atoms with Gasteiger partial charge < -0.3 is 10.2 Å². The van der Waals surface area contributed by atoms with Crippen LogP contribution in [0, 0.1) is 0 Å². The third-order valence-corrected chi connectivity index (χ3v) is 4.93. The molecule has 0 spiro atoms. The fourth-order valence-corrected chi connectivity index (χ4v) is 3.38. The molecule has 1 aliphatic heterocycles. The SMILES string of the molecule is O=C(CN1CCN(C(=O)c2cnc3ccccn3c2=O)CC1)Nc1ccccc1. The van der Waals surface area contributed by atoms with Gasteiger partial charge in [0.05, 0.1) is 6.54 Å². The molecule has 1 fully saturated rings. The van der Waals surface area contributed by atoms with Crippen LogP contribution >= 0.6 is 0 Å². The Bertz CT molecular complexity index is 1090. The van der Waals surface area contributed by atoms with Crippen LogP contribution in [0.15, 0.2) is 65.7 Å². The molecule has 29 heavy (non-hydrogen) atoms. The number of carbonyl (C=O) groups is 2. The molecule has 0 unspecified atom stereocenters. The lowest BCUT2D eigenvalue weighted by molar-refractivity contribution is -0.117. The quantitative estimate of drug-likeness (QED) is 0.720. The Hall–Kier alpha value is -3.52. The summed E-state index contributed by atoms with van der Waals surface area (Å²) in [5.41, 5.74) is 0.952. The normalized spacial score (nSPS) is 14.7. The standard InChI is InChI=1S/C21H21N5O3/c27-19(23-16-6-2-1-3-7-16)15-24-10-12-25(13-11-24)20(28)17-14-22-18-8-4-5-9-26(18)21(17)29/h1-9,14H,10-13,15H2,(H,23,27). The molecule has 148 valence electrons. The summed E-state index contributed by atoms with van der Waals surface area (Å²) in [6.45, 7) is 2.30. The second kappa shape index (κ2) is 8.24. The molecule has 0 radical (unpaired) electrons. The van der Waals surface area contributed by atoms with E-state index in [0.29, 0.717) is 31.8 Å². The van der Waals surface area contributed by atoms with Crippen molar-refractivity contribution in [3.8, 4) is 0 Å². The molecule has 0 bridgehead atoms. The highest BCUT2D eigenvalue weighted by Gasteiger charge is 2.25. The zero-order valence-corrected chi connectivity index (χ0v) is 15.8. The molecule has 0 aliphatic carbocycles. The summed E-state index contributed by atoms with van der Waals surface area (Å²) < 4.78 is 1.37. The Morgan fingerprint density at radius 2 is 1.69 bits per heavy atom. The maximum atomic E-state index is 12.8. The number of carbonyl (C=O) groups excluding carboxylic acids is 2. The van der Waals surface area contributed by atoms with Crippen molar-refractivity contribution < 1.29 is 9.59 Å². The number of amides is 2. The molecule has 8 nitrogen and oxygen atoms in total. The van der Waals surface area contributed by atoms with Gasteiger partial charge in [0.1, 0.15) is 11.2 Å². The molecule has 3 heterocycles. The number of aromatic nitrogens is 2. The topological polar surface area (TPSA) is 87.0 Å².